The summed E-state index contributed by atoms with van der Waals surface area (Å²) >= 11 is 0. The monoisotopic (exact) mass is 224 g/mol. The van der Waals surface area contributed by atoms with Gasteiger partial charge in [0.2, 0.25) is 0 Å². The predicted octanol–water partition coefficient (Wildman–Crippen LogP) is -1.57. The number of methoxy groups -OCH3 is 1. The van der Waals surface area contributed by atoms with E-state index in [1.807, 2.05) is 25.1 Å². The number of hydrogen-bond acceptors (Lipinski definition) is 1. The molecular formula is C8H9BrMgO. The molecule has 0 heterocycles. The first kappa shape index (κ1) is 13.8. The fraction of sp³-hybridized carbons (Fsp3) is 0.250. The van der Waals surface area contributed by atoms with Crippen LogP contribution in [0, 0.1) is 13.0 Å². The quantitative estimate of drug-likeness (QED) is 0.414. The van der Waals surface area contributed by atoms with E-state index >= 15 is 0 Å². The molecule has 0 N–H and O–H groups in total. The van der Waals surface area contributed by atoms with Crippen LogP contribution < -0.4 is 21.7 Å². The summed E-state index contributed by atoms with van der Waals surface area (Å²) in [5.74, 6) is 0.801. The molecule has 0 amide bonds. The molecule has 0 aromatic heterocycles. The minimum absolute atomic E-state index is 0. The molecule has 0 aliphatic carbocycles. The van der Waals surface area contributed by atoms with Gasteiger partial charge in [0.25, 0.3) is 0 Å². The average molecular weight is 225 g/mol. The van der Waals surface area contributed by atoms with Crippen LogP contribution in [0.3, 0.4) is 0 Å². The maximum atomic E-state index is 4.94. The minimum Gasteiger partial charge on any atom is -1.00 e. The number of hydrogen-bond donors (Lipinski definition) is 0. The van der Waals surface area contributed by atoms with E-state index in [2.05, 4.69) is 6.07 Å². The zero-order chi connectivity index (χ0) is 6.69. The molecule has 0 saturated heterocycles. The summed E-state index contributed by atoms with van der Waals surface area (Å²) in [5, 5.41) is 0. The molecule has 1 aromatic carbocycles. The molecule has 0 radical (unpaired) electrons. The Morgan fingerprint density at radius 1 is 1.36 bits per heavy atom. The van der Waals surface area contributed by atoms with E-state index in [0.717, 1.165) is 11.3 Å². The van der Waals surface area contributed by atoms with Crippen LogP contribution in [0.1, 0.15) is 5.56 Å². The number of benzene rings is 1. The summed E-state index contributed by atoms with van der Waals surface area (Å²) in [6, 6.07) is 8.85. The molecule has 0 bridgehead atoms. The Kier molecular flexibility index (Phi) is 8.73. The van der Waals surface area contributed by atoms with Crippen molar-refractivity contribution in [2.75, 3.05) is 7.11 Å². The second-order valence-corrected chi connectivity index (χ2v) is 1.90. The van der Waals surface area contributed by atoms with Crippen LogP contribution >= 0.6 is 0 Å². The third-order valence-corrected chi connectivity index (χ3v) is 1.13. The number of aryl methyl sites for hydroxylation is 1. The zero-order valence-corrected chi connectivity index (χ0v) is 9.73. The molecule has 1 aromatic rings. The average Bonchev–Trinajstić information content (AvgIpc) is 1.88. The largest absolute Gasteiger partial charge is 2.00 e. The fourth-order valence-corrected chi connectivity index (χ4v) is 0.677. The first-order valence-electron chi connectivity index (χ1n) is 2.86. The van der Waals surface area contributed by atoms with Gasteiger partial charge in [-0.25, -0.2) is 0 Å². The molecule has 0 aliphatic heterocycles. The topological polar surface area (TPSA) is 9.23 Å². The SMILES string of the molecule is COc1[c-]c(C)ccc1.[Br-].[Mg+2]. The van der Waals surface area contributed by atoms with Crippen molar-refractivity contribution >= 4 is 23.1 Å². The van der Waals surface area contributed by atoms with Crippen molar-refractivity contribution in [3.63, 3.8) is 0 Å². The van der Waals surface area contributed by atoms with E-state index in [1.54, 1.807) is 7.11 Å². The van der Waals surface area contributed by atoms with Crippen LogP contribution in [0.15, 0.2) is 18.2 Å². The third kappa shape index (κ3) is 4.66. The molecule has 1 nitrogen and oxygen atoms in total. The van der Waals surface area contributed by atoms with Crippen LogP contribution in [-0.4, -0.2) is 30.2 Å². The van der Waals surface area contributed by atoms with E-state index in [-0.39, 0.29) is 40.0 Å². The maximum absolute atomic E-state index is 4.94. The van der Waals surface area contributed by atoms with Gasteiger partial charge in [-0.3, -0.25) is 0 Å². The zero-order valence-electron chi connectivity index (χ0n) is 6.73. The molecule has 56 valence electrons. The molecule has 0 spiro atoms. The molecule has 0 saturated carbocycles. The molecule has 11 heavy (non-hydrogen) atoms. The van der Waals surface area contributed by atoms with Crippen molar-refractivity contribution in [2.45, 2.75) is 6.92 Å². The van der Waals surface area contributed by atoms with Crippen LogP contribution in [0.4, 0.5) is 0 Å². The van der Waals surface area contributed by atoms with Gasteiger partial charge >= 0.3 is 23.1 Å². The van der Waals surface area contributed by atoms with Crippen molar-refractivity contribution < 1.29 is 21.7 Å². The molecule has 3 heteroatoms. The predicted molar refractivity (Wildman–Crippen MR) is 42.3 cm³/mol. The Bertz CT molecular complexity index is 203. The summed E-state index contributed by atoms with van der Waals surface area (Å²) in [4.78, 5) is 0. The van der Waals surface area contributed by atoms with Gasteiger partial charge < -0.3 is 21.7 Å². The molecule has 0 atom stereocenters. The van der Waals surface area contributed by atoms with Crippen LogP contribution in [0.25, 0.3) is 0 Å². The normalized spacial score (nSPS) is 7.45. The number of halogens is 1. The third-order valence-electron chi connectivity index (χ3n) is 1.13. The Balaban J connectivity index is 0. The standard InChI is InChI=1S/C8H9O.BrH.Mg/c1-7-4-3-5-8(6-7)9-2;;/h3-5H,1-2H3;1H;/q-1;;+2/p-1. The molecule has 0 unspecified atom stereocenters. The van der Waals surface area contributed by atoms with Crippen molar-refractivity contribution in [3.05, 3.63) is 29.8 Å². The summed E-state index contributed by atoms with van der Waals surface area (Å²) in [6.07, 6.45) is 0. The van der Waals surface area contributed by atoms with Gasteiger partial charge in [0.1, 0.15) is 0 Å². The van der Waals surface area contributed by atoms with E-state index in [9.17, 15) is 0 Å². The van der Waals surface area contributed by atoms with E-state index in [1.165, 1.54) is 0 Å². The first-order chi connectivity index (χ1) is 4.33. The molecule has 0 fully saturated rings. The number of ether oxygens (including phenoxy) is 1. The smallest absolute Gasteiger partial charge is 1.00 e. The van der Waals surface area contributed by atoms with Crippen LogP contribution in [-0.2, 0) is 0 Å². The Morgan fingerprint density at radius 2 is 2.00 bits per heavy atom. The molecule has 0 aliphatic rings. The van der Waals surface area contributed by atoms with E-state index < -0.39 is 0 Å². The summed E-state index contributed by atoms with van der Waals surface area (Å²) in [5.41, 5.74) is 1.11. The second kappa shape index (κ2) is 6.94. The second-order valence-electron chi connectivity index (χ2n) is 1.90. The first-order valence-corrected chi connectivity index (χ1v) is 2.86. The van der Waals surface area contributed by atoms with Gasteiger partial charge in [-0.1, -0.05) is 6.92 Å². The van der Waals surface area contributed by atoms with Crippen LogP contribution in [0.5, 0.6) is 5.75 Å². The van der Waals surface area contributed by atoms with Gasteiger partial charge in [0.15, 0.2) is 0 Å². The summed E-state index contributed by atoms with van der Waals surface area (Å²) in [7, 11) is 1.64. The Hall–Kier alpha value is 0.266. The Labute approximate surface area is 94.1 Å². The van der Waals surface area contributed by atoms with E-state index in [4.69, 9.17) is 4.74 Å². The summed E-state index contributed by atoms with van der Waals surface area (Å²) < 4.78 is 4.94. The van der Waals surface area contributed by atoms with Gasteiger partial charge in [-0.2, -0.15) is 17.7 Å². The number of rotatable bonds is 1. The van der Waals surface area contributed by atoms with Crippen LogP contribution in [0.2, 0.25) is 0 Å². The van der Waals surface area contributed by atoms with Crippen molar-refractivity contribution in [1.29, 1.82) is 0 Å². The van der Waals surface area contributed by atoms with E-state index in [0.29, 0.717) is 0 Å². The molecular weight excluding hydrogens is 216 g/mol. The van der Waals surface area contributed by atoms with Gasteiger partial charge in [0.05, 0.1) is 7.11 Å². The van der Waals surface area contributed by atoms with Gasteiger partial charge in [0, 0.05) is 5.75 Å². The fourth-order valence-electron chi connectivity index (χ4n) is 0.677. The van der Waals surface area contributed by atoms with Crippen molar-refractivity contribution in [1.82, 2.24) is 0 Å². The molecule has 1 rings (SSSR count). The minimum atomic E-state index is 0. The Morgan fingerprint density at radius 3 is 2.36 bits per heavy atom. The maximum Gasteiger partial charge on any atom is 2.00 e. The summed E-state index contributed by atoms with van der Waals surface area (Å²) in [6.45, 7) is 1.99. The van der Waals surface area contributed by atoms with Gasteiger partial charge in [-0.05, 0) is 0 Å². The van der Waals surface area contributed by atoms with Crippen molar-refractivity contribution in [3.8, 4) is 5.75 Å². The van der Waals surface area contributed by atoms with Crippen molar-refractivity contribution in [2.24, 2.45) is 0 Å². The van der Waals surface area contributed by atoms with Gasteiger partial charge in [-0.15, -0.1) is 12.1 Å².